The Hall–Kier alpha value is -2.01. The van der Waals surface area contributed by atoms with Gasteiger partial charge in [0, 0.05) is 6.54 Å². The van der Waals surface area contributed by atoms with Crippen molar-refractivity contribution >= 4 is 12.0 Å². The van der Waals surface area contributed by atoms with Gasteiger partial charge in [0.05, 0.1) is 13.7 Å². The zero-order valence-corrected chi connectivity index (χ0v) is 11.2. The number of ether oxygens (including phenoxy) is 2. The van der Waals surface area contributed by atoms with Crippen LogP contribution in [-0.4, -0.2) is 37.9 Å². The van der Waals surface area contributed by atoms with Crippen LogP contribution in [0.1, 0.15) is 12.5 Å². The third-order valence-corrected chi connectivity index (χ3v) is 2.34. The van der Waals surface area contributed by atoms with Crippen LogP contribution in [-0.2, 0) is 4.79 Å². The van der Waals surface area contributed by atoms with Gasteiger partial charge in [0.1, 0.15) is 0 Å². The van der Waals surface area contributed by atoms with E-state index in [1.54, 1.807) is 13.2 Å². The van der Waals surface area contributed by atoms with Gasteiger partial charge in [-0.15, -0.1) is 0 Å². The van der Waals surface area contributed by atoms with Crippen LogP contribution >= 0.6 is 0 Å². The first-order valence-corrected chi connectivity index (χ1v) is 6.02. The SMILES string of the molecule is C/C=C/c1ccc(OCC(=O)NCCO)c(OC)c1. The van der Waals surface area contributed by atoms with Crippen molar-refractivity contribution in [2.45, 2.75) is 6.92 Å². The number of hydrogen-bond acceptors (Lipinski definition) is 4. The van der Waals surface area contributed by atoms with Gasteiger partial charge in [0.25, 0.3) is 5.91 Å². The Kier molecular flexibility index (Phi) is 6.46. The number of hydrogen-bond donors (Lipinski definition) is 2. The van der Waals surface area contributed by atoms with Gasteiger partial charge in [-0.1, -0.05) is 18.2 Å². The van der Waals surface area contributed by atoms with Gasteiger partial charge >= 0.3 is 0 Å². The van der Waals surface area contributed by atoms with Crippen LogP contribution in [0.2, 0.25) is 0 Å². The predicted octanol–water partition coefficient (Wildman–Crippen LogP) is 1.22. The highest BCUT2D eigenvalue weighted by Crippen LogP contribution is 2.28. The first-order valence-electron chi connectivity index (χ1n) is 6.02. The van der Waals surface area contributed by atoms with E-state index >= 15 is 0 Å². The Labute approximate surface area is 112 Å². The number of benzene rings is 1. The molecule has 0 fully saturated rings. The van der Waals surface area contributed by atoms with Gasteiger partial charge in [0.15, 0.2) is 18.1 Å². The minimum Gasteiger partial charge on any atom is -0.493 e. The number of carbonyl (C=O) groups is 1. The van der Waals surface area contributed by atoms with E-state index in [4.69, 9.17) is 14.6 Å². The van der Waals surface area contributed by atoms with Crippen molar-refractivity contribution in [1.29, 1.82) is 0 Å². The van der Waals surface area contributed by atoms with Gasteiger partial charge in [0.2, 0.25) is 0 Å². The molecule has 0 heterocycles. The molecule has 0 saturated carbocycles. The smallest absolute Gasteiger partial charge is 0.258 e. The normalized spacial score (nSPS) is 10.5. The van der Waals surface area contributed by atoms with E-state index in [1.165, 1.54) is 0 Å². The van der Waals surface area contributed by atoms with Gasteiger partial charge in [-0.2, -0.15) is 0 Å². The summed E-state index contributed by atoms with van der Waals surface area (Å²) in [6.07, 6.45) is 3.87. The standard InChI is InChI=1S/C14H19NO4/c1-3-4-11-5-6-12(13(9-11)18-2)19-10-14(17)15-7-8-16/h3-6,9,16H,7-8,10H2,1-2H3,(H,15,17)/b4-3+. The third-order valence-electron chi connectivity index (χ3n) is 2.34. The number of methoxy groups -OCH3 is 1. The maximum Gasteiger partial charge on any atom is 0.258 e. The number of carbonyl (C=O) groups excluding carboxylic acids is 1. The fourth-order valence-electron chi connectivity index (χ4n) is 1.49. The average Bonchev–Trinajstić information content (AvgIpc) is 2.43. The monoisotopic (exact) mass is 265 g/mol. The Morgan fingerprint density at radius 2 is 2.21 bits per heavy atom. The summed E-state index contributed by atoms with van der Waals surface area (Å²) in [5.74, 6) is 0.800. The highest BCUT2D eigenvalue weighted by Gasteiger charge is 2.07. The molecule has 2 N–H and O–H groups in total. The summed E-state index contributed by atoms with van der Waals surface area (Å²) in [7, 11) is 1.55. The molecule has 0 saturated heterocycles. The second-order valence-corrected chi connectivity index (χ2v) is 3.77. The van der Waals surface area contributed by atoms with Crippen LogP contribution in [0.3, 0.4) is 0 Å². The largest absolute Gasteiger partial charge is 0.493 e. The number of rotatable bonds is 7. The maximum absolute atomic E-state index is 11.3. The van der Waals surface area contributed by atoms with E-state index < -0.39 is 0 Å². The molecule has 5 nitrogen and oxygen atoms in total. The minimum absolute atomic E-state index is 0.0902. The summed E-state index contributed by atoms with van der Waals surface area (Å²) in [6, 6.07) is 5.47. The number of allylic oxidation sites excluding steroid dienone is 1. The zero-order chi connectivity index (χ0) is 14.1. The molecule has 1 aromatic rings. The molecule has 0 spiro atoms. The van der Waals surface area contributed by atoms with Crippen molar-refractivity contribution in [2.24, 2.45) is 0 Å². The molecule has 19 heavy (non-hydrogen) atoms. The van der Waals surface area contributed by atoms with E-state index in [0.717, 1.165) is 5.56 Å². The molecule has 1 rings (SSSR count). The fraction of sp³-hybridized carbons (Fsp3) is 0.357. The Balaban J connectivity index is 2.65. The Morgan fingerprint density at radius 3 is 2.84 bits per heavy atom. The lowest BCUT2D eigenvalue weighted by molar-refractivity contribution is -0.123. The van der Waals surface area contributed by atoms with Crippen molar-refractivity contribution in [1.82, 2.24) is 5.32 Å². The van der Waals surface area contributed by atoms with E-state index in [9.17, 15) is 4.79 Å². The molecule has 0 aromatic heterocycles. The van der Waals surface area contributed by atoms with Crippen molar-refractivity contribution < 1.29 is 19.4 Å². The molecule has 104 valence electrons. The average molecular weight is 265 g/mol. The van der Waals surface area contributed by atoms with Crippen molar-refractivity contribution in [2.75, 3.05) is 26.9 Å². The summed E-state index contributed by atoms with van der Waals surface area (Å²) in [5.41, 5.74) is 0.997. The van der Waals surface area contributed by atoms with Crippen LogP contribution < -0.4 is 14.8 Å². The summed E-state index contributed by atoms with van der Waals surface area (Å²) in [6.45, 7) is 1.95. The van der Waals surface area contributed by atoms with Gasteiger partial charge in [-0.25, -0.2) is 0 Å². The number of nitrogens with one attached hydrogen (secondary N) is 1. The molecule has 1 amide bonds. The first-order chi connectivity index (χ1) is 9.21. The van der Waals surface area contributed by atoms with Crippen LogP contribution in [0.4, 0.5) is 0 Å². The summed E-state index contributed by atoms with van der Waals surface area (Å²) < 4.78 is 10.6. The third kappa shape index (κ3) is 5.01. The number of aliphatic hydroxyl groups is 1. The molecule has 0 aliphatic carbocycles. The maximum atomic E-state index is 11.3. The second kappa shape index (κ2) is 8.16. The molecular weight excluding hydrogens is 246 g/mol. The highest BCUT2D eigenvalue weighted by atomic mass is 16.5. The zero-order valence-electron chi connectivity index (χ0n) is 11.2. The van der Waals surface area contributed by atoms with Crippen molar-refractivity contribution in [3.8, 4) is 11.5 Å². The molecule has 1 aromatic carbocycles. The summed E-state index contributed by atoms with van der Waals surface area (Å²) in [5, 5.41) is 11.1. The molecule has 0 radical (unpaired) electrons. The molecule has 0 unspecified atom stereocenters. The van der Waals surface area contributed by atoms with E-state index in [2.05, 4.69) is 5.32 Å². The Morgan fingerprint density at radius 1 is 1.42 bits per heavy atom. The minimum atomic E-state index is -0.284. The highest BCUT2D eigenvalue weighted by molar-refractivity contribution is 5.77. The fourth-order valence-corrected chi connectivity index (χ4v) is 1.49. The molecule has 0 aliphatic heterocycles. The van der Waals surface area contributed by atoms with Crippen molar-refractivity contribution in [3.63, 3.8) is 0 Å². The van der Waals surface area contributed by atoms with E-state index in [-0.39, 0.29) is 25.7 Å². The topological polar surface area (TPSA) is 67.8 Å². The first kappa shape index (κ1) is 15.0. The van der Waals surface area contributed by atoms with Crippen LogP contribution in [0, 0.1) is 0 Å². The second-order valence-electron chi connectivity index (χ2n) is 3.77. The van der Waals surface area contributed by atoms with Crippen molar-refractivity contribution in [3.05, 3.63) is 29.8 Å². The molecule has 0 aliphatic rings. The molecule has 5 heteroatoms. The lowest BCUT2D eigenvalue weighted by Gasteiger charge is -2.11. The van der Waals surface area contributed by atoms with E-state index in [1.807, 2.05) is 31.2 Å². The summed E-state index contributed by atoms with van der Waals surface area (Å²) >= 11 is 0. The van der Waals surface area contributed by atoms with Crippen LogP contribution in [0.15, 0.2) is 24.3 Å². The van der Waals surface area contributed by atoms with Gasteiger partial charge in [-0.3, -0.25) is 4.79 Å². The summed E-state index contributed by atoms with van der Waals surface area (Å²) in [4.78, 5) is 11.3. The number of aliphatic hydroxyl groups excluding tert-OH is 1. The van der Waals surface area contributed by atoms with Gasteiger partial charge in [-0.05, 0) is 24.6 Å². The van der Waals surface area contributed by atoms with Crippen LogP contribution in [0.25, 0.3) is 6.08 Å². The molecule has 0 bridgehead atoms. The predicted molar refractivity (Wildman–Crippen MR) is 73.3 cm³/mol. The van der Waals surface area contributed by atoms with Gasteiger partial charge < -0.3 is 19.9 Å². The molecular formula is C14H19NO4. The quantitative estimate of drug-likeness (QED) is 0.777. The van der Waals surface area contributed by atoms with E-state index in [0.29, 0.717) is 11.5 Å². The van der Waals surface area contributed by atoms with Crippen LogP contribution in [0.5, 0.6) is 11.5 Å². The lowest BCUT2D eigenvalue weighted by Crippen LogP contribution is -2.31. The number of amides is 1. The Bertz CT molecular complexity index is 443. The molecule has 0 atom stereocenters. The lowest BCUT2D eigenvalue weighted by atomic mass is 10.2.